The van der Waals surface area contributed by atoms with Gasteiger partial charge in [-0.2, -0.15) is 0 Å². The molecule has 0 heterocycles. The first-order chi connectivity index (χ1) is 10.0. The van der Waals surface area contributed by atoms with E-state index in [-0.39, 0.29) is 12.8 Å². The molecule has 0 radical (unpaired) electrons. The molecular weight excluding hydrogens is 365 g/mol. The molecule has 118 valence electrons. The zero-order chi connectivity index (χ0) is 15.9. The fourth-order valence-corrected chi connectivity index (χ4v) is 4.14. The maximum atomic E-state index is 12.7. The molecule has 0 aliphatic rings. The average molecular weight is 383 g/mol. The summed E-state index contributed by atoms with van der Waals surface area (Å²) in [5.74, 6) is 0. The molecule has 0 unspecified atom stereocenters. The highest BCUT2D eigenvalue weighted by Crippen LogP contribution is 2.68. The molecule has 0 spiro atoms. The van der Waals surface area contributed by atoms with Crippen LogP contribution in [0.3, 0.4) is 0 Å². The number of hydrogen-bond acceptors (Lipinski definition) is 3. The molecule has 0 saturated heterocycles. The summed E-state index contributed by atoms with van der Waals surface area (Å²) in [7, 11) is -4.54. The van der Waals surface area contributed by atoms with Crippen LogP contribution in [0.2, 0.25) is 0 Å². The minimum atomic E-state index is -4.54. The van der Waals surface area contributed by atoms with Crippen LogP contribution in [0.5, 0.6) is 0 Å². The third kappa shape index (κ3) is 3.62. The van der Waals surface area contributed by atoms with Gasteiger partial charge in [-0.15, -0.1) is 9.46 Å². The van der Waals surface area contributed by atoms with E-state index < -0.39 is 12.8 Å². The first-order valence-corrected chi connectivity index (χ1v) is 9.23. The summed E-state index contributed by atoms with van der Waals surface area (Å²) in [6, 6.07) is 6.95. The van der Waals surface area contributed by atoms with E-state index in [1.807, 2.05) is 12.2 Å². The molecule has 0 aliphatic carbocycles. The zero-order valence-electron chi connectivity index (χ0n) is 11.9. The van der Waals surface area contributed by atoms with Gasteiger partial charge in [0.25, 0.3) is 0 Å². The smallest absolute Gasteiger partial charge is 0.254 e. The van der Waals surface area contributed by atoms with Crippen molar-refractivity contribution < 1.29 is 23.1 Å². The molecule has 0 saturated carbocycles. The van der Waals surface area contributed by atoms with Gasteiger partial charge in [-0.3, -0.25) is 4.57 Å². The third-order valence-electron chi connectivity index (χ3n) is 3.72. The molecule has 1 aromatic carbocycles. The van der Waals surface area contributed by atoms with Crippen LogP contribution in [0.25, 0.3) is 6.08 Å². The fourth-order valence-electron chi connectivity index (χ4n) is 2.43. The van der Waals surface area contributed by atoms with E-state index in [2.05, 4.69) is 25.4 Å². The minimum absolute atomic E-state index is 0.213. The first-order valence-electron chi connectivity index (χ1n) is 6.57. The summed E-state index contributed by atoms with van der Waals surface area (Å²) >= 11 is 3.28. The lowest BCUT2D eigenvalue weighted by molar-refractivity contribution is -0.0961. The van der Waals surface area contributed by atoms with E-state index >= 15 is 0 Å². The molecule has 0 aromatic heterocycles. The highest BCUT2D eigenvalue weighted by Gasteiger charge is 2.52. The van der Waals surface area contributed by atoms with Crippen LogP contribution in [0.15, 0.2) is 30.3 Å². The maximum absolute atomic E-state index is 12.7. The van der Waals surface area contributed by atoms with Crippen LogP contribution < -0.4 is 0 Å². The number of hydrogen-bond donors (Lipinski definition) is 0. The molecule has 1 aromatic rings. The van der Waals surface area contributed by atoms with Crippen LogP contribution in [-0.2, 0) is 19.2 Å². The van der Waals surface area contributed by atoms with Crippen LogP contribution in [0.4, 0.5) is 9.05 Å². The Balaban J connectivity index is 3.29. The number of allylic oxidation sites excluding steroid dienone is 1. The predicted molar refractivity (Wildman–Crippen MR) is 83.5 cm³/mol. The van der Waals surface area contributed by atoms with Gasteiger partial charge in [-0.25, -0.2) is 0 Å². The molecule has 1 rings (SSSR count). The van der Waals surface area contributed by atoms with Gasteiger partial charge in [0.2, 0.25) is 0 Å². The van der Waals surface area contributed by atoms with E-state index in [4.69, 9.17) is 0 Å². The van der Waals surface area contributed by atoms with Crippen molar-refractivity contribution in [3.8, 4) is 0 Å². The highest BCUT2D eigenvalue weighted by atomic mass is 79.9. The minimum Gasteiger partial charge on any atom is -0.254 e. The summed E-state index contributed by atoms with van der Waals surface area (Å²) in [5.41, 5.74) is 1.44. The fraction of sp³-hybridized carbons (Fsp3) is 0.429. The highest BCUT2D eigenvalue weighted by molar-refractivity contribution is 9.09. The van der Waals surface area contributed by atoms with Crippen molar-refractivity contribution >= 4 is 29.6 Å². The molecule has 0 fully saturated rings. The molecule has 7 heteroatoms. The number of rotatable bonds is 8. The van der Waals surface area contributed by atoms with Crippen molar-refractivity contribution in [1.82, 2.24) is 0 Å². The summed E-state index contributed by atoms with van der Waals surface area (Å²) in [6.45, 7) is 3.37. The Bertz CT molecular complexity index is 507. The number of alkyl halides is 1. The van der Waals surface area contributed by atoms with Gasteiger partial charge < -0.3 is 0 Å². The van der Waals surface area contributed by atoms with Crippen molar-refractivity contribution in [3.05, 3.63) is 41.5 Å². The second-order valence-electron chi connectivity index (χ2n) is 4.55. The largest absolute Gasteiger partial charge is 0.404 e. The quantitative estimate of drug-likeness (QED) is 0.402. The van der Waals surface area contributed by atoms with Crippen molar-refractivity contribution in [1.29, 1.82) is 0 Å². The first kappa shape index (κ1) is 18.5. The normalized spacial score (nSPS) is 13.0. The van der Waals surface area contributed by atoms with Gasteiger partial charge in [0.1, 0.15) is 5.16 Å². The Hall–Kier alpha value is -0.550. The Morgan fingerprint density at radius 1 is 1.19 bits per heavy atom. The standard InChI is InChI=1S/C14H18BrF2O3P/c1-3-14(4-2,21(18,19-16)20-17)13-9-7-12(8-10-13)6-5-11-15/h5-10H,3-4,11H2,1-2H3/b6-5+. The second kappa shape index (κ2) is 8.18. The Labute approximate surface area is 131 Å². The molecular formula is C14H18BrF2O3P. The maximum Gasteiger partial charge on any atom is 0.404 e. The van der Waals surface area contributed by atoms with Gasteiger partial charge in [0, 0.05) is 5.33 Å². The number of halogens is 3. The van der Waals surface area contributed by atoms with Crippen molar-refractivity contribution in [2.45, 2.75) is 31.8 Å². The number of benzene rings is 1. The lowest BCUT2D eigenvalue weighted by atomic mass is 9.92. The van der Waals surface area contributed by atoms with Gasteiger partial charge in [-0.1, -0.05) is 66.2 Å². The van der Waals surface area contributed by atoms with Crippen LogP contribution in [0.1, 0.15) is 37.8 Å². The lowest BCUT2D eigenvalue weighted by Crippen LogP contribution is -2.25. The van der Waals surface area contributed by atoms with Gasteiger partial charge in [0.05, 0.1) is 0 Å². The molecule has 0 amide bonds. The van der Waals surface area contributed by atoms with Gasteiger partial charge in [-0.05, 0) is 33.0 Å². The molecule has 21 heavy (non-hydrogen) atoms. The van der Waals surface area contributed by atoms with Gasteiger partial charge in [0.15, 0.2) is 0 Å². The second-order valence-corrected chi connectivity index (χ2v) is 7.33. The zero-order valence-corrected chi connectivity index (χ0v) is 14.4. The summed E-state index contributed by atoms with van der Waals surface area (Å²) in [4.78, 5) is 0. The summed E-state index contributed by atoms with van der Waals surface area (Å²) in [6.07, 6.45) is 4.24. The van der Waals surface area contributed by atoms with E-state index in [0.29, 0.717) is 5.56 Å². The van der Waals surface area contributed by atoms with Crippen LogP contribution in [0, 0.1) is 0 Å². The van der Waals surface area contributed by atoms with E-state index in [1.54, 1.807) is 38.1 Å². The Morgan fingerprint density at radius 2 is 1.71 bits per heavy atom. The van der Waals surface area contributed by atoms with E-state index in [0.717, 1.165) is 10.9 Å². The predicted octanol–water partition coefficient (Wildman–Crippen LogP) is 6.11. The summed E-state index contributed by atoms with van der Waals surface area (Å²) in [5, 5.41) is -0.628. The molecule has 0 N–H and O–H groups in total. The Morgan fingerprint density at radius 3 is 2.10 bits per heavy atom. The molecule has 0 aliphatic heterocycles. The summed E-state index contributed by atoms with van der Waals surface area (Å²) < 4.78 is 44.5. The molecule has 0 atom stereocenters. The van der Waals surface area contributed by atoms with Crippen molar-refractivity contribution in [2.24, 2.45) is 0 Å². The van der Waals surface area contributed by atoms with Gasteiger partial charge >= 0.3 is 7.60 Å². The van der Waals surface area contributed by atoms with Crippen LogP contribution in [-0.4, -0.2) is 5.33 Å². The van der Waals surface area contributed by atoms with Crippen LogP contribution >= 0.6 is 23.5 Å². The van der Waals surface area contributed by atoms with E-state index in [1.165, 1.54) is 0 Å². The molecule has 0 bridgehead atoms. The van der Waals surface area contributed by atoms with Crippen molar-refractivity contribution in [3.63, 3.8) is 0 Å². The molecule has 3 nitrogen and oxygen atoms in total. The lowest BCUT2D eigenvalue weighted by Gasteiger charge is -2.33. The monoisotopic (exact) mass is 382 g/mol. The Kier molecular flexibility index (Phi) is 7.21. The average Bonchev–Trinajstić information content (AvgIpc) is 2.55. The third-order valence-corrected chi connectivity index (χ3v) is 6.40. The van der Waals surface area contributed by atoms with Crippen molar-refractivity contribution in [2.75, 3.05) is 5.33 Å². The SMILES string of the molecule is CCC(CC)(c1ccc(/C=C/CBr)cc1)P(=O)(OF)OF. The van der Waals surface area contributed by atoms with E-state index in [9.17, 15) is 13.6 Å². The topological polar surface area (TPSA) is 35.5 Å².